The van der Waals surface area contributed by atoms with E-state index in [2.05, 4.69) is 40.9 Å². The molecule has 4 aromatic rings. The van der Waals surface area contributed by atoms with Crippen LogP contribution in [0.2, 0.25) is 0 Å². The summed E-state index contributed by atoms with van der Waals surface area (Å²) in [6, 6.07) is 8.48. The first-order chi connectivity index (χ1) is 14.9. The van der Waals surface area contributed by atoms with Crippen molar-refractivity contribution >= 4 is 40.2 Å². The number of benzene rings is 1. The van der Waals surface area contributed by atoms with E-state index in [9.17, 15) is 9.59 Å². The lowest BCUT2D eigenvalue weighted by molar-refractivity contribution is 0.0963. The molecule has 10 nitrogen and oxygen atoms in total. The van der Waals surface area contributed by atoms with Crippen molar-refractivity contribution in [3.05, 3.63) is 65.5 Å². The molecule has 2 amide bonds. The number of fused-ring (bicyclic) bond motifs is 1. The molecule has 0 atom stereocenters. The normalized spacial score (nSPS) is 10.7. The second-order valence-electron chi connectivity index (χ2n) is 6.85. The molecule has 4 N–H and O–H groups in total. The Kier molecular flexibility index (Phi) is 5.27. The third kappa shape index (κ3) is 4.32. The summed E-state index contributed by atoms with van der Waals surface area (Å²) in [5, 5.41) is 8.44. The first-order valence-corrected chi connectivity index (χ1v) is 9.49. The molecule has 0 bridgehead atoms. The SMILES string of the molecule is CNC(=O)c1cnc(Nc2cc(C)nc(C)n2)cc1NC(=O)c1ccc2nc[nH]c2c1. The van der Waals surface area contributed by atoms with Crippen molar-refractivity contribution < 1.29 is 9.59 Å². The summed E-state index contributed by atoms with van der Waals surface area (Å²) < 4.78 is 0. The molecule has 0 spiro atoms. The Hall–Kier alpha value is -4.34. The van der Waals surface area contributed by atoms with E-state index in [0.29, 0.717) is 28.7 Å². The second kappa shape index (κ2) is 8.19. The summed E-state index contributed by atoms with van der Waals surface area (Å²) >= 11 is 0. The Morgan fingerprint density at radius 2 is 1.81 bits per heavy atom. The van der Waals surface area contributed by atoms with Gasteiger partial charge in [0, 0.05) is 36.6 Å². The molecule has 0 unspecified atom stereocenters. The molecule has 0 radical (unpaired) electrons. The third-order valence-corrected chi connectivity index (χ3v) is 4.53. The molecule has 0 aliphatic heterocycles. The summed E-state index contributed by atoms with van der Waals surface area (Å²) in [6.45, 7) is 3.66. The largest absolute Gasteiger partial charge is 0.355 e. The van der Waals surface area contributed by atoms with Crippen LogP contribution in [0.4, 0.5) is 17.3 Å². The number of nitrogens with one attached hydrogen (secondary N) is 4. The van der Waals surface area contributed by atoms with Crippen LogP contribution in [0.25, 0.3) is 11.0 Å². The predicted molar refractivity (Wildman–Crippen MR) is 116 cm³/mol. The average molecular weight is 416 g/mol. The summed E-state index contributed by atoms with van der Waals surface area (Å²) in [7, 11) is 1.51. The summed E-state index contributed by atoms with van der Waals surface area (Å²) in [5.41, 5.74) is 3.28. The molecular formula is C21H20N8O2. The van der Waals surface area contributed by atoms with Gasteiger partial charge in [-0.1, -0.05) is 0 Å². The lowest BCUT2D eigenvalue weighted by Gasteiger charge is -2.13. The fourth-order valence-corrected chi connectivity index (χ4v) is 3.13. The maximum atomic E-state index is 12.9. The van der Waals surface area contributed by atoms with Gasteiger partial charge in [-0.3, -0.25) is 9.59 Å². The molecule has 4 rings (SSSR count). The van der Waals surface area contributed by atoms with Crippen LogP contribution >= 0.6 is 0 Å². The quantitative estimate of drug-likeness (QED) is 0.392. The van der Waals surface area contributed by atoms with E-state index in [1.807, 2.05) is 6.92 Å². The first-order valence-electron chi connectivity index (χ1n) is 9.49. The Bertz CT molecular complexity index is 1280. The number of anilines is 3. The monoisotopic (exact) mass is 416 g/mol. The van der Waals surface area contributed by atoms with E-state index in [-0.39, 0.29) is 17.4 Å². The van der Waals surface area contributed by atoms with Crippen LogP contribution < -0.4 is 16.0 Å². The minimum Gasteiger partial charge on any atom is -0.355 e. The second-order valence-corrected chi connectivity index (χ2v) is 6.85. The highest BCUT2D eigenvalue weighted by Crippen LogP contribution is 2.23. The number of carbonyl (C=O) groups excluding carboxylic acids is 2. The van der Waals surface area contributed by atoms with Crippen LogP contribution in [0.15, 0.2) is 42.9 Å². The lowest BCUT2D eigenvalue weighted by atomic mass is 10.1. The van der Waals surface area contributed by atoms with Gasteiger partial charge in [0.2, 0.25) is 0 Å². The first kappa shape index (κ1) is 20.0. The highest BCUT2D eigenvalue weighted by molar-refractivity contribution is 6.10. The van der Waals surface area contributed by atoms with Gasteiger partial charge < -0.3 is 20.9 Å². The van der Waals surface area contributed by atoms with Crippen molar-refractivity contribution in [1.29, 1.82) is 0 Å². The van der Waals surface area contributed by atoms with Gasteiger partial charge >= 0.3 is 0 Å². The van der Waals surface area contributed by atoms with Crippen LogP contribution in [0.1, 0.15) is 32.2 Å². The van der Waals surface area contributed by atoms with E-state index >= 15 is 0 Å². The number of aromatic amines is 1. The van der Waals surface area contributed by atoms with Crippen molar-refractivity contribution in [2.45, 2.75) is 13.8 Å². The van der Waals surface area contributed by atoms with Gasteiger partial charge in [0.15, 0.2) is 0 Å². The van der Waals surface area contributed by atoms with Gasteiger partial charge in [0.1, 0.15) is 17.5 Å². The van der Waals surface area contributed by atoms with Crippen LogP contribution in [0, 0.1) is 13.8 Å². The minimum absolute atomic E-state index is 0.235. The predicted octanol–water partition coefficient (Wildman–Crippen LogP) is 2.72. The van der Waals surface area contributed by atoms with E-state index in [0.717, 1.165) is 16.7 Å². The van der Waals surface area contributed by atoms with Crippen molar-refractivity contribution in [2.75, 3.05) is 17.7 Å². The van der Waals surface area contributed by atoms with E-state index in [1.165, 1.54) is 13.2 Å². The van der Waals surface area contributed by atoms with Crippen molar-refractivity contribution in [3.8, 4) is 0 Å². The molecule has 3 aromatic heterocycles. The van der Waals surface area contributed by atoms with E-state index < -0.39 is 0 Å². The van der Waals surface area contributed by atoms with Gasteiger partial charge in [0.25, 0.3) is 11.8 Å². The van der Waals surface area contributed by atoms with Crippen molar-refractivity contribution in [3.63, 3.8) is 0 Å². The highest BCUT2D eigenvalue weighted by atomic mass is 16.2. The number of carbonyl (C=O) groups is 2. The number of amides is 2. The number of imidazole rings is 1. The molecule has 0 aliphatic rings. The number of rotatable bonds is 5. The molecule has 0 aliphatic carbocycles. The molecule has 10 heteroatoms. The molecule has 0 saturated carbocycles. The van der Waals surface area contributed by atoms with Crippen molar-refractivity contribution in [2.24, 2.45) is 0 Å². The Morgan fingerprint density at radius 1 is 0.968 bits per heavy atom. The highest BCUT2D eigenvalue weighted by Gasteiger charge is 2.16. The number of pyridine rings is 1. The summed E-state index contributed by atoms with van der Waals surface area (Å²) in [6.07, 6.45) is 2.96. The summed E-state index contributed by atoms with van der Waals surface area (Å²) in [5.74, 6) is 0.864. The van der Waals surface area contributed by atoms with Gasteiger partial charge in [-0.15, -0.1) is 0 Å². The van der Waals surface area contributed by atoms with Gasteiger partial charge in [-0.05, 0) is 32.0 Å². The Morgan fingerprint density at radius 3 is 2.58 bits per heavy atom. The number of hydrogen-bond donors (Lipinski definition) is 4. The molecule has 0 fully saturated rings. The van der Waals surface area contributed by atoms with Gasteiger partial charge in [0.05, 0.1) is 28.6 Å². The molecule has 1 aromatic carbocycles. The molecule has 156 valence electrons. The van der Waals surface area contributed by atoms with Crippen LogP contribution in [0.5, 0.6) is 0 Å². The number of aryl methyl sites for hydroxylation is 2. The topological polar surface area (TPSA) is 138 Å². The van der Waals surface area contributed by atoms with Crippen molar-refractivity contribution in [1.82, 2.24) is 30.2 Å². The smallest absolute Gasteiger partial charge is 0.255 e. The zero-order valence-electron chi connectivity index (χ0n) is 17.1. The maximum absolute atomic E-state index is 12.9. The zero-order chi connectivity index (χ0) is 22.0. The maximum Gasteiger partial charge on any atom is 0.255 e. The Labute approximate surface area is 177 Å². The molecule has 3 heterocycles. The average Bonchev–Trinajstić information content (AvgIpc) is 3.20. The van der Waals surface area contributed by atoms with Gasteiger partial charge in [-0.25, -0.2) is 19.9 Å². The number of nitrogens with zero attached hydrogens (tertiary/aromatic N) is 4. The van der Waals surface area contributed by atoms with Gasteiger partial charge in [-0.2, -0.15) is 0 Å². The minimum atomic E-state index is -0.368. The Balaban J connectivity index is 1.65. The zero-order valence-corrected chi connectivity index (χ0v) is 17.1. The molecule has 31 heavy (non-hydrogen) atoms. The number of H-pyrrole nitrogens is 1. The van der Waals surface area contributed by atoms with E-state index in [4.69, 9.17) is 0 Å². The van der Waals surface area contributed by atoms with Crippen LogP contribution in [0.3, 0.4) is 0 Å². The summed E-state index contributed by atoms with van der Waals surface area (Å²) in [4.78, 5) is 45.1. The number of aromatic nitrogens is 5. The lowest BCUT2D eigenvalue weighted by Crippen LogP contribution is -2.22. The van der Waals surface area contributed by atoms with Crippen LogP contribution in [-0.2, 0) is 0 Å². The third-order valence-electron chi connectivity index (χ3n) is 4.53. The molecular weight excluding hydrogens is 396 g/mol. The molecule has 0 saturated heterocycles. The van der Waals surface area contributed by atoms with Crippen LogP contribution in [-0.4, -0.2) is 43.8 Å². The fourth-order valence-electron chi connectivity index (χ4n) is 3.13. The number of hydrogen-bond acceptors (Lipinski definition) is 7. The fraction of sp³-hybridized carbons (Fsp3) is 0.143. The standard InChI is InChI=1S/C21H20N8O2/c1-11-6-19(27-12(2)26-11)29-18-8-16(14(9-23-18)21(31)22-3)28-20(30)13-4-5-15-17(7-13)25-10-24-15/h4-10H,1-3H3,(H,22,31)(H,24,25)(H2,23,26,27,28,29,30). The van der Waals surface area contributed by atoms with E-state index in [1.54, 1.807) is 43.6 Å².